The molecule has 0 fully saturated rings. The normalized spacial score (nSPS) is 10.0. The Hall–Kier alpha value is -2.76. The summed E-state index contributed by atoms with van der Waals surface area (Å²) in [6.45, 7) is 0. The molecule has 0 radical (unpaired) electrons. The maximum atomic E-state index is 11.7. The average Bonchev–Trinajstić information content (AvgIpc) is 2.84. The van der Waals surface area contributed by atoms with Crippen LogP contribution in [0.5, 0.6) is 0 Å². The van der Waals surface area contributed by atoms with E-state index in [0.29, 0.717) is 11.3 Å². The maximum absolute atomic E-state index is 11.7. The standard InChI is InChI=1S/C12H10N2O4/c13-8-1-2-10(9(5-8)12(16)17)14-11(15)7-3-4-18-6-7/h1-6H,13H2,(H,14,15)(H,16,17). The van der Waals surface area contributed by atoms with Gasteiger partial charge in [-0.3, -0.25) is 4.79 Å². The van der Waals surface area contributed by atoms with Crippen LogP contribution in [-0.4, -0.2) is 17.0 Å². The van der Waals surface area contributed by atoms with Gasteiger partial charge in [-0.1, -0.05) is 0 Å². The number of amides is 1. The Bertz CT molecular complexity index is 590. The molecule has 0 aliphatic heterocycles. The highest BCUT2D eigenvalue weighted by Gasteiger charge is 2.14. The summed E-state index contributed by atoms with van der Waals surface area (Å²) in [4.78, 5) is 22.8. The highest BCUT2D eigenvalue weighted by atomic mass is 16.4. The van der Waals surface area contributed by atoms with Gasteiger partial charge in [0.25, 0.3) is 5.91 Å². The van der Waals surface area contributed by atoms with Crippen molar-refractivity contribution in [3.8, 4) is 0 Å². The largest absolute Gasteiger partial charge is 0.478 e. The Kier molecular flexibility index (Phi) is 3.01. The Balaban J connectivity index is 2.29. The first-order valence-electron chi connectivity index (χ1n) is 5.04. The molecule has 18 heavy (non-hydrogen) atoms. The Morgan fingerprint density at radius 3 is 2.67 bits per heavy atom. The zero-order chi connectivity index (χ0) is 13.1. The van der Waals surface area contributed by atoms with Gasteiger partial charge in [-0.25, -0.2) is 4.79 Å². The number of anilines is 2. The molecular formula is C12H10N2O4. The molecule has 0 saturated heterocycles. The number of carbonyl (C=O) groups excluding carboxylic acids is 1. The fourth-order valence-electron chi connectivity index (χ4n) is 1.44. The fraction of sp³-hybridized carbons (Fsp3) is 0. The van der Waals surface area contributed by atoms with Crippen LogP contribution in [0, 0.1) is 0 Å². The van der Waals surface area contributed by atoms with Crippen LogP contribution in [0.25, 0.3) is 0 Å². The number of nitrogens with two attached hydrogens (primary N) is 1. The number of benzene rings is 1. The third kappa shape index (κ3) is 2.32. The van der Waals surface area contributed by atoms with Crippen LogP contribution in [0.3, 0.4) is 0 Å². The second-order valence-corrected chi connectivity index (χ2v) is 3.58. The van der Waals surface area contributed by atoms with Gasteiger partial charge < -0.3 is 20.6 Å². The van der Waals surface area contributed by atoms with Crippen LogP contribution in [0.1, 0.15) is 20.7 Å². The van der Waals surface area contributed by atoms with Crippen LogP contribution in [0.15, 0.2) is 41.2 Å². The second kappa shape index (κ2) is 4.62. The monoisotopic (exact) mass is 246 g/mol. The molecule has 0 bridgehead atoms. The van der Waals surface area contributed by atoms with Crippen molar-refractivity contribution in [1.29, 1.82) is 0 Å². The first-order valence-corrected chi connectivity index (χ1v) is 5.04. The number of rotatable bonds is 3. The summed E-state index contributed by atoms with van der Waals surface area (Å²) in [5.74, 6) is -1.61. The van der Waals surface area contributed by atoms with Crippen LogP contribution < -0.4 is 11.1 Å². The number of nitrogen functional groups attached to an aromatic ring is 1. The van der Waals surface area contributed by atoms with Gasteiger partial charge in [0.1, 0.15) is 6.26 Å². The van der Waals surface area contributed by atoms with Crippen molar-refractivity contribution in [2.75, 3.05) is 11.1 Å². The van der Waals surface area contributed by atoms with E-state index in [1.807, 2.05) is 0 Å². The predicted molar refractivity (Wildman–Crippen MR) is 64.5 cm³/mol. The fourth-order valence-corrected chi connectivity index (χ4v) is 1.44. The summed E-state index contributed by atoms with van der Waals surface area (Å²) < 4.78 is 4.77. The van der Waals surface area contributed by atoms with Gasteiger partial charge in [0.15, 0.2) is 0 Å². The minimum atomic E-state index is -1.16. The van der Waals surface area contributed by atoms with E-state index in [2.05, 4.69) is 5.32 Å². The third-order valence-corrected chi connectivity index (χ3v) is 2.31. The lowest BCUT2D eigenvalue weighted by Crippen LogP contribution is -2.14. The molecule has 0 aliphatic rings. The molecule has 92 valence electrons. The van der Waals surface area contributed by atoms with Crippen LogP contribution in [-0.2, 0) is 0 Å². The summed E-state index contributed by atoms with van der Waals surface area (Å²) in [5, 5.41) is 11.5. The third-order valence-electron chi connectivity index (χ3n) is 2.31. The topological polar surface area (TPSA) is 106 Å². The average molecular weight is 246 g/mol. The van der Waals surface area contributed by atoms with E-state index < -0.39 is 11.9 Å². The molecule has 1 amide bonds. The molecule has 2 rings (SSSR count). The number of aromatic carboxylic acids is 1. The lowest BCUT2D eigenvalue weighted by Gasteiger charge is -2.08. The highest BCUT2D eigenvalue weighted by Crippen LogP contribution is 2.19. The molecule has 2 aromatic rings. The number of carboxylic acids is 1. The smallest absolute Gasteiger partial charge is 0.337 e. The van der Waals surface area contributed by atoms with Gasteiger partial charge >= 0.3 is 5.97 Å². The van der Waals surface area contributed by atoms with Crippen molar-refractivity contribution in [2.45, 2.75) is 0 Å². The van der Waals surface area contributed by atoms with E-state index in [1.165, 1.54) is 36.8 Å². The minimum Gasteiger partial charge on any atom is -0.478 e. The van der Waals surface area contributed by atoms with Crippen molar-refractivity contribution >= 4 is 23.3 Å². The van der Waals surface area contributed by atoms with Crippen molar-refractivity contribution < 1.29 is 19.1 Å². The molecular weight excluding hydrogens is 236 g/mol. The second-order valence-electron chi connectivity index (χ2n) is 3.58. The Labute approximate surface area is 102 Å². The van der Waals surface area contributed by atoms with E-state index in [0.717, 1.165) is 0 Å². The van der Waals surface area contributed by atoms with Crippen molar-refractivity contribution in [2.24, 2.45) is 0 Å². The Morgan fingerprint density at radius 2 is 2.06 bits per heavy atom. The molecule has 1 heterocycles. The van der Waals surface area contributed by atoms with Gasteiger partial charge in [0.05, 0.1) is 23.1 Å². The quantitative estimate of drug-likeness (QED) is 0.716. The molecule has 0 saturated carbocycles. The lowest BCUT2D eigenvalue weighted by molar-refractivity contribution is 0.0698. The first kappa shape index (κ1) is 11.7. The Morgan fingerprint density at radius 1 is 1.28 bits per heavy atom. The van der Waals surface area contributed by atoms with Gasteiger partial charge in [0, 0.05) is 5.69 Å². The number of hydrogen-bond acceptors (Lipinski definition) is 4. The zero-order valence-electron chi connectivity index (χ0n) is 9.21. The molecule has 0 spiro atoms. The van der Waals surface area contributed by atoms with Crippen molar-refractivity contribution in [1.82, 2.24) is 0 Å². The molecule has 4 N–H and O–H groups in total. The van der Waals surface area contributed by atoms with Gasteiger partial charge in [-0.05, 0) is 24.3 Å². The highest BCUT2D eigenvalue weighted by molar-refractivity contribution is 6.07. The van der Waals surface area contributed by atoms with Crippen LogP contribution in [0.4, 0.5) is 11.4 Å². The number of hydrogen-bond donors (Lipinski definition) is 3. The predicted octanol–water partition coefficient (Wildman–Crippen LogP) is 1.81. The summed E-state index contributed by atoms with van der Waals surface area (Å²) in [5.41, 5.74) is 6.24. The summed E-state index contributed by atoms with van der Waals surface area (Å²) in [6.07, 6.45) is 2.63. The summed E-state index contributed by atoms with van der Waals surface area (Å²) in [7, 11) is 0. The number of nitrogens with one attached hydrogen (secondary N) is 1. The number of furan rings is 1. The van der Waals surface area contributed by atoms with Gasteiger partial charge in [0.2, 0.25) is 0 Å². The van der Waals surface area contributed by atoms with Gasteiger partial charge in [-0.15, -0.1) is 0 Å². The molecule has 0 aliphatic carbocycles. The lowest BCUT2D eigenvalue weighted by atomic mass is 10.1. The van der Waals surface area contributed by atoms with Crippen LogP contribution >= 0.6 is 0 Å². The van der Waals surface area contributed by atoms with E-state index in [9.17, 15) is 9.59 Å². The molecule has 1 aromatic heterocycles. The summed E-state index contributed by atoms with van der Waals surface area (Å²) >= 11 is 0. The van der Waals surface area contributed by atoms with Gasteiger partial charge in [-0.2, -0.15) is 0 Å². The van der Waals surface area contributed by atoms with E-state index >= 15 is 0 Å². The van der Waals surface area contributed by atoms with E-state index in [4.69, 9.17) is 15.3 Å². The minimum absolute atomic E-state index is 0.0631. The maximum Gasteiger partial charge on any atom is 0.337 e. The zero-order valence-corrected chi connectivity index (χ0v) is 9.21. The number of carbonyl (C=O) groups is 2. The van der Waals surface area contributed by atoms with E-state index in [1.54, 1.807) is 0 Å². The van der Waals surface area contributed by atoms with Crippen molar-refractivity contribution in [3.05, 3.63) is 47.9 Å². The molecule has 1 aromatic carbocycles. The molecule has 6 nitrogen and oxygen atoms in total. The number of carboxylic acid groups (broad SMARTS) is 1. The molecule has 6 heteroatoms. The molecule has 0 unspecified atom stereocenters. The van der Waals surface area contributed by atoms with Crippen molar-refractivity contribution in [3.63, 3.8) is 0 Å². The first-order chi connectivity index (χ1) is 8.58. The van der Waals surface area contributed by atoms with E-state index in [-0.39, 0.29) is 11.3 Å². The summed E-state index contributed by atoms with van der Waals surface area (Å²) in [6, 6.07) is 5.72. The molecule has 0 atom stereocenters. The SMILES string of the molecule is Nc1ccc(NC(=O)c2ccoc2)c(C(=O)O)c1. The van der Waals surface area contributed by atoms with Crippen LogP contribution in [0.2, 0.25) is 0 Å².